The van der Waals surface area contributed by atoms with Crippen molar-refractivity contribution in [2.24, 2.45) is 11.8 Å². The zero-order chi connectivity index (χ0) is 34.8. The van der Waals surface area contributed by atoms with Gasteiger partial charge >= 0.3 is 12.2 Å². The number of ether oxygens (including phenoxy) is 2. The Morgan fingerprint density at radius 2 is 1.29 bits per heavy atom. The fraction of sp³-hybridized carbons (Fsp3) is 0.647. The molecule has 4 N–H and O–H groups in total. The van der Waals surface area contributed by atoms with Gasteiger partial charge in [-0.3, -0.25) is 9.59 Å². The summed E-state index contributed by atoms with van der Waals surface area (Å²) in [7, 11) is 2.57. The van der Waals surface area contributed by atoms with Gasteiger partial charge in [0.05, 0.1) is 32.7 Å². The zero-order valence-electron chi connectivity index (χ0n) is 28.9. The number of unbranched alkanes of at least 4 members (excludes halogenated alkanes) is 1. The molecule has 262 valence electrons. The number of hydrogen-bond donors (Lipinski definition) is 4. The molecule has 0 spiro atoms. The molecule has 3 unspecified atom stereocenters. The number of alkyl carbamates (subject to hydrolysis) is 2. The number of nitrogens with one attached hydrogen (secondary N) is 4. The molecule has 0 radical (unpaired) electrons. The summed E-state index contributed by atoms with van der Waals surface area (Å²) in [6.07, 6.45) is 8.56. The number of hydrogen-bond acceptors (Lipinski definition) is 8. The van der Waals surface area contributed by atoms with Crippen molar-refractivity contribution in [3.63, 3.8) is 0 Å². The van der Waals surface area contributed by atoms with Crippen molar-refractivity contribution < 1.29 is 28.7 Å². The van der Waals surface area contributed by atoms with Crippen LogP contribution in [0, 0.1) is 23.7 Å². The molecule has 4 heterocycles. The molecule has 2 aromatic heterocycles. The van der Waals surface area contributed by atoms with Crippen LogP contribution < -0.4 is 10.6 Å². The first-order valence-electron chi connectivity index (χ1n) is 16.9. The van der Waals surface area contributed by atoms with Gasteiger partial charge in [-0.05, 0) is 50.4 Å². The Labute approximate surface area is 282 Å². The highest BCUT2D eigenvalue weighted by atomic mass is 16.5. The maximum absolute atomic E-state index is 13.4. The number of methoxy groups -OCH3 is 2. The highest BCUT2D eigenvalue weighted by molar-refractivity contribution is 5.87. The average molecular weight is 667 g/mol. The van der Waals surface area contributed by atoms with Crippen molar-refractivity contribution in [2.75, 3.05) is 27.3 Å². The lowest BCUT2D eigenvalue weighted by atomic mass is 10.0. The van der Waals surface area contributed by atoms with Crippen LogP contribution in [0.2, 0.25) is 0 Å². The van der Waals surface area contributed by atoms with Crippen LogP contribution in [0.15, 0.2) is 12.4 Å². The molecule has 2 aromatic rings. The maximum atomic E-state index is 13.4. The number of nitrogens with zero attached hydrogens (tertiary/aromatic N) is 4. The lowest BCUT2D eigenvalue weighted by Gasteiger charge is -2.30. The number of H-pyrrole nitrogens is 2. The predicted octanol–water partition coefficient (Wildman–Crippen LogP) is 3.79. The van der Waals surface area contributed by atoms with E-state index >= 15 is 0 Å². The van der Waals surface area contributed by atoms with Gasteiger partial charge in [-0.25, -0.2) is 19.6 Å². The van der Waals surface area contributed by atoms with Crippen molar-refractivity contribution >= 4 is 24.0 Å². The Hall–Kier alpha value is -4.54. The van der Waals surface area contributed by atoms with Gasteiger partial charge in [0.2, 0.25) is 11.8 Å². The number of carbonyl (C=O) groups is 4. The Morgan fingerprint density at radius 3 is 1.77 bits per heavy atom. The zero-order valence-corrected chi connectivity index (χ0v) is 28.9. The van der Waals surface area contributed by atoms with Crippen LogP contribution in [0.4, 0.5) is 9.59 Å². The monoisotopic (exact) mass is 666 g/mol. The van der Waals surface area contributed by atoms with E-state index in [1.807, 2.05) is 38.8 Å². The van der Waals surface area contributed by atoms with Gasteiger partial charge in [0.15, 0.2) is 0 Å². The van der Waals surface area contributed by atoms with Gasteiger partial charge in [0.25, 0.3) is 0 Å². The molecule has 2 saturated heterocycles. The van der Waals surface area contributed by atoms with E-state index in [4.69, 9.17) is 9.47 Å². The molecule has 2 aliphatic rings. The third-order valence-electron chi connectivity index (χ3n) is 8.93. The van der Waals surface area contributed by atoms with Crippen LogP contribution in [0.3, 0.4) is 0 Å². The van der Waals surface area contributed by atoms with Gasteiger partial charge in [-0.2, -0.15) is 0 Å². The number of aryl methyl sites for hydroxylation is 1. The molecule has 0 bridgehead atoms. The average Bonchev–Trinajstić information content (AvgIpc) is 3.89. The second-order valence-electron chi connectivity index (χ2n) is 13.1. The molecule has 4 rings (SSSR count). The summed E-state index contributed by atoms with van der Waals surface area (Å²) in [5.41, 5.74) is 1.88. The topological polar surface area (TPSA) is 175 Å². The van der Waals surface area contributed by atoms with Crippen LogP contribution >= 0.6 is 0 Å². The van der Waals surface area contributed by atoms with E-state index in [-0.39, 0.29) is 35.7 Å². The molecule has 0 aromatic carbocycles. The van der Waals surface area contributed by atoms with Crippen molar-refractivity contribution in [1.82, 2.24) is 40.4 Å². The molecule has 0 saturated carbocycles. The van der Waals surface area contributed by atoms with Gasteiger partial charge < -0.3 is 39.9 Å². The van der Waals surface area contributed by atoms with Gasteiger partial charge in [0, 0.05) is 43.3 Å². The molecule has 0 aliphatic carbocycles. The second-order valence-corrected chi connectivity index (χ2v) is 13.1. The number of aromatic amines is 2. The largest absolute Gasteiger partial charge is 0.453 e. The lowest BCUT2D eigenvalue weighted by Crippen LogP contribution is -2.51. The normalized spacial score (nSPS) is 18.8. The predicted molar refractivity (Wildman–Crippen MR) is 177 cm³/mol. The number of amides is 4. The van der Waals surface area contributed by atoms with Crippen LogP contribution in [0.1, 0.15) is 101 Å². The summed E-state index contributed by atoms with van der Waals surface area (Å²) < 4.78 is 9.44. The van der Waals surface area contributed by atoms with Crippen molar-refractivity contribution in [3.05, 3.63) is 35.4 Å². The highest BCUT2D eigenvalue weighted by Crippen LogP contribution is 2.32. The van der Waals surface area contributed by atoms with Crippen LogP contribution in [-0.2, 0) is 31.9 Å². The van der Waals surface area contributed by atoms with E-state index in [2.05, 4.69) is 42.4 Å². The van der Waals surface area contributed by atoms with Gasteiger partial charge in [-0.1, -0.05) is 33.6 Å². The van der Waals surface area contributed by atoms with Crippen LogP contribution in [0.5, 0.6) is 0 Å². The summed E-state index contributed by atoms with van der Waals surface area (Å²) in [4.78, 5) is 69.9. The number of imidazole rings is 2. The Bertz CT molecular complexity index is 1470. The number of likely N-dealkylation sites (tertiary alicyclic amines) is 2. The molecule has 2 fully saturated rings. The lowest BCUT2D eigenvalue weighted by molar-refractivity contribution is -0.136. The summed E-state index contributed by atoms with van der Waals surface area (Å²) in [6, 6.07) is -1.68. The third-order valence-corrected chi connectivity index (χ3v) is 8.93. The fourth-order valence-corrected chi connectivity index (χ4v) is 6.31. The van der Waals surface area contributed by atoms with Crippen LogP contribution in [0.25, 0.3) is 0 Å². The first-order valence-corrected chi connectivity index (χ1v) is 16.9. The number of aromatic nitrogens is 4. The molecular weight excluding hydrogens is 616 g/mol. The Kier molecular flexibility index (Phi) is 12.9. The summed E-state index contributed by atoms with van der Waals surface area (Å²) in [5.74, 6) is 7.51. The SMILES string of the molecule is COC(=O)NC(C(=O)N1CCCC1c1ncc(CCCC#CCc2cnc([C@@H]3CCCN3C(=O)C(NC(=O)OC)C(C)C)[nH]2)[nH]1)C(C)C. The summed E-state index contributed by atoms with van der Waals surface area (Å²) >= 11 is 0. The minimum Gasteiger partial charge on any atom is -0.453 e. The maximum Gasteiger partial charge on any atom is 0.407 e. The fourth-order valence-electron chi connectivity index (χ4n) is 6.31. The van der Waals surface area contributed by atoms with E-state index in [1.54, 1.807) is 11.1 Å². The van der Waals surface area contributed by atoms with Crippen molar-refractivity contribution in [3.8, 4) is 11.8 Å². The molecule has 4 atom stereocenters. The van der Waals surface area contributed by atoms with E-state index in [0.717, 1.165) is 61.6 Å². The van der Waals surface area contributed by atoms with E-state index < -0.39 is 24.3 Å². The first kappa shape index (κ1) is 36.3. The minimum atomic E-state index is -0.673. The van der Waals surface area contributed by atoms with Gasteiger partial charge in [0.1, 0.15) is 23.7 Å². The molecule has 2 aliphatic heterocycles. The molecule has 48 heavy (non-hydrogen) atoms. The Balaban J connectivity index is 1.26. The standard InChI is InChI=1S/C34H50N8O6/c1-21(2)27(39-33(45)47-5)31(43)41-17-11-15-25(41)29-35-19-23(37-29)13-9-7-8-10-14-24-20-36-30(38-24)26-16-12-18-42(26)32(44)28(22(3)4)40-34(46)48-6/h19-22,25-28H,7,9,11-18H2,1-6H3,(H,35,37)(H,36,38)(H,39,45)(H,40,46)/t25?,26-,27?,28?/m0/s1. The smallest absolute Gasteiger partial charge is 0.407 e. The highest BCUT2D eigenvalue weighted by Gasteiger charge is 2.38. The molecule has 14 heteroatoms. The number of rotatable bonds is 12. The van der Waals surface area contributed by atoms with E-state index in [9.17, 15) is 19.2 Å². The van der Waals surface area contributed by atoms with Crippen LogP contribution in [-0.4, -0.2) is 93.1 Å². The van der Waals surface area contributed by atoms with Crippen molar-refractivity contribution in [1.29, 1.82) is 0 Å². The molecule has 4 amide bonds. The quantitative estimate of drug-likeness (QED) is 0.196. The summed E-state index contributed by atoms with van der Waals surface area (Å²) in [6.45, 7) is 8.80. The van der Waals surface area contributed by atoms with E-state index in [0.29, 0.717) is 25.9 Å². The Morgan fingerprint density at radius 1 is 0.812 bits per heavy atom. The number of carbonyl (C=O) groups excluding carboxylic acids is 4. The molecule has 14 nitrogen and oxygen atoms in total. The first-order chi connectivity index (χ1) is 23.0. The third kappa shape index (κ3) is 9.08. The second kappa shape index (κ2) is 17.0. The van der Waals surface area contributed by atoms with Crippen molar-refractivity contribution in [2.45, 2.75) is 103 Å². The minimum absolute atomic E-state index is 0.0874. The molecular formula is C34H50N8O6. The summed E-state index contributed by atoms with van der Waals surface area (Å²) in [5, 5.41) is 5.35. The van der Waals surface area contributed by atoms with Gasteiger partial charge in [-0.15, -0.1) is 5.92 Å². The van der Waals surface area contributed by atoms with E-state index in [1.165, 1.54) is 14.2 Å².